The minimum Gasteiger partial charge on any atom is -0.405 e. The topological polar surface area (TPSA) is 84.5 Å². The van der Waals surface area contributed by atoms with Crippen molar-refractivity contribution in [2.24, 2.45) is 0 Å². The van der Waals surface area contributed by atoms with Crippen molar-refractivity contribution >= 4 is 21.6 Å². The molecule has 2 aromatic rings. The molecule has 140 valence electrons. The molecule has 2 rings (SSSR count). The summed E-state index contributed by atoms with van der Waals surface area (Å²) >= 11 is 0. The van der Waals surface area contributed by atoms with Crippen LogP contribution in [0.1, 0.15) is 15.9 Å². The molecule has 0 atom stereocenters. The number of sulfonamides is 1. The number of hydrogen-bond donors (Lipinski definition) is 2. The first-order valence-electron chi connectivity index (χ1n) is 7.24. The lowest BCUT2D eigenvalue weighted by Gasteiger charge is -2.14. The Bertz CT molecular complexity index is 898. The van der Waals surface area contributed by atoms with Crippen LogP contribution in [-0.4, -0.2) is 26.9 Å². The zero-order valence-electron chi connectivity index (χ0n) is 13.5. The summed E-state index contributed by atoms with van der Waals surface area (Å²) < 4.78 is 66.1. The van der Waals surface area contributed by atoms with E-state index >= 15 is 0 Å². The molecule has 26 heavy (non-hydrogen) atoms. The smallest absolute Gasteiger partial charge is 0.405 e. The molecule has 0 aliphatic carbocycles. The lowest BCUT2D eigenvalue weighted by Crippen LogP contribution is -2.25. The van der Waals surface area contributed by atoms with Gasteiger partial charge in [0.1, 0.15) is 5.75 Å². The third-order valence-electron chi connectivity index (χ3n) is 3.10. The van der Waals surface area contributed by atoms with Crippen LogP contribution in [0.4, 0.5) is 18.9 Å². The summed E-state index contributed by atoms with van der Waals surface area (Å²) in [4.78, 5) is 12.3. The molecular formula is C16H15F3N2O4S. The van der Waals surface area contributed by atoms with Crippen LogP contribution in [0.25, 0.3) is 0 Å². The predicted octanol–water partition coefficient (Wildman–Crippen LogP) is 2.89. The van der Waals surface area contributed by atoms with E-state index in [1.54, 1.807) is 0 Å². The van der Waals surface area contributed by atoms with Crippen molar-refractivity contribution < 1.29 is 31.1 Å². The third-order valence-corrected chi connectivity index (χ3v) is 3.70. The molecule has 10 heteroatoms. The fourth-order valence-corrected chi connectivity index (χ4v) is 2.69. The summed E-state index contributed by atoms with van der Waals surface area (Å²) in [7, 11) is -3.60. The Kier molecular flexibility index (Phi) is 5.76. The predicted molar refractivity (Wildman–Crippen MR) is 89.2 cm³/mol. The van der Waals surface area contributed by atoms with Gasteiger partial charge in [-0.3, -0.25) is 9.52 Å². The van der Waals surface area contributed by atoms with Gasteiger partial charge in [0.15, 0.2) is 0 Å². The summed E-state index contributed by atoms with van der Waals surface area (Å²) in [5, 5.41) is 2.45. The molecule has 0 fully saturated rings. The molecule has 2 aromatic carbocycles. The summed E-state index contributed by atoms with van der Waals surface area (Å²) in [5.74, 6) is -1.08. The largest absolute Gasteiger partial charge is 0.573 e. The number of alkyl halides is 3. The van der Waals surface area contributed by atoms with Crippen molar-refractivity contribution in [3.8, 4) is 5.75 Å². The fraction of sp³-hybridized carbons (Fsp3) is 0.188. The van der Waals surface area contributed by atoms with Gasteiger partial charge in [0.2, 0.25) is 10.0 Å². The zero-order valence-corrected chi connectivity index (χ0v) is 14.3. The monoisotopic (exact) mass is 388 g/mol. The van der Waals surface area contributed by atoms with Crippen molar-refractivity contribution in [3.05, 3.63) is 59.7 Å². The molecule has 2 N–H and O–H groups in total. The third kappa shape index (κ3) is 5.96. The summed E-state index contributed by atoms with van der Waals surface area (Å²) in [6.45, 7) is -0.238. The Balaban J connectivity index is 2.16. The maximum Gasteiger partial charge on any atom is 0.573 e. The first kappa shape index (κ1) is 19.6. The highest BCUT2D eigenvalue weighted by molar-refractivity contribution is 7.92. The molecule has 0 bridgehead atoms. The van der Waals surface area contributed by atoms with Crippen LogP contribution in [0.15, 0.2) is 48.5 Å². The maximum atomic E-state index is 12.4. The van der Waals surface area contributed by atoms with Crippen LogP contribution >= 0.6 is 0 Å². The lowest BCUT2D eigenvalue weighted by molar-refractivity contribution is -0.274. The molecule has 0 aromatic heterocycles. The van der Waals surface area contributed by atoms with Gasteiger partial charge in [0.05, 0.1) is 17.5 Å². The van der Waals surface area contributed by atoms with E-state index in [0.29, 0.717) is 0 Å². The van der Waals surface area contributed by atoms with Crippen molar-refractivity contribution in [2.45, 2.75) is 12.9 Å². The first-order valence-corrected chi connectivity index (χ1v) is 9.13. The van der Waals surface area contributed by atoms with Gasteiger partial charge in [0.25, 0.3) is 5.91 Å². The molecule has 0 saturated carbocycles. The molecule has 0 unspecified atom stereocenters. The summed E-state index contributed by atoms with van der Waals surface area (Å²) in [6, 6.07) is 11.2. The van der Waals surface area contributed by atoms with E-state index in [4.69, 9.17) is 0 Å². The van der Waals surface area contributed by atoms with Gasteiger partial charge in [-0.15, -0.1) is 13.2 Å². The molecule has 1 amide bonds. The average Bonchev–Trinajstić information content (AvgIpc) is 2.51. The normalized spacial score (nSPS) is 11.7. The second-order valence-corrected chi connectivity index (χ2v) is 7.01. The molecule has 0 spiro atoms. The Morgan fingerprint density at radius 3 is 2.35 bits per heavy atom. The number of hydrogen-bond acceptors (Lipinski definition) is 4. The van der Waals surface area contributed by atoms with Crippen LogP contribution in [0.3, 0.4) is 0 Å². The fourth-order valence-electron chi connectivity index (χ4n) is 2.11. The lowest BCUT2D eigenvalue weighted by atomic mass is 10.1. The highest BCUT2D eigenvalue weighted by Crippen LogP contribution is 2.26. The quantitative estimate of drug-likeness (QED) is 0.797. The highest BCUT2D eigenvalue weighted by Gasteiger charge is 2.32. The highest BCUT2D eigenvalue weighted by atomic mass is 32.2. The Morgan fingerprint density at radius 1 is 1.08 bits per heavy atom. The van der Waals surface area contributed by atoms with E-state index in [9.17, 15) is 26.4 Å². The summed E-state index contributed by atoms with van der Waals surface area (Å²) in [6.07, 6.45) is -3.92. The van der Waals surface area contributed by atoms with E-state index in [1.165, 1.54) is 42.5 Å². The molecule has 0 heterocycles. The van der Waals surface area contributed by atoms with Gasteiger partial charge in [0, 0.05) is 12.1 Å². The Morgan fingerprint density at radius 2 is 1.69 bits per heavy atom. The number of para-hydroxylation sites is 2. The van der Waals surface area contributed by atoms with Gasteiger partial charge in [-0.05, 0) is 18.2 Å². The zero-order chi connectivity index (χ0) is 19.4. The molecule has 0 saturated heterocycles. The average molecular weight is 388 g/mol. The van der Waals surface area contributed by atoms with E-state index in [0.717, 1.165) is 12.3 Å². The standard InChI is InChI=1S/C16H15F3N2O4S/c1-26(23,24)21-13-8-4-3-7-12(13)15(22)20-10-11-6-2-5-9-14(11)25-16(17,18)19/h2-9,21H,10H2,1H3,(H,20,22). The molecule has 6 nitrogen and oxygen atoms in total. The SMILES string of the molecule is CS(=O)(=O)Nc1ccccc1C(=O)NCc1ccccc1OC(F)(F)F. The number of halogens is 3. The molecule has 0 aliphatic heterocycles. The number of nitrogens with one attached hydrogen (secondary N) is 2. The second-order valence-electron chi connectivity index (χ2n) is 5.26. The van der Waals surface area contributed by atoms with E-state index in [-0.39, 0.29) is 23.4 Å². The van der Waals surface area contributed by atoms with Crippen molar-refractivity contribution in [1.29, 1.82) is 0 Å². The molecule has 0 aliphatic rings. The number of benzene rings is 2. The Hall–Kier alpha value is -2.75. The van der Waals surface area contributed by atoms with Crippen molar-refractivity contribution in [3.63, 3.8) is 0 Å². The number of carbonyl (C=O) groups is 1. The van der Waals surface area contributed by atoms with Crippen molar-refractivity contribution in [2.75, 3.05) is 11.0 Å². The maximum absolute atomic E-state index is 12.4. The van der Waals surface area contributed by atoms with Crippen LogP contribution in [0, 0.1) is 0 Å². The molecule has 0 radical (unpaired) electrons. The van der Waals surface area contributed by atoms with E-state index < -0.39 is 28.0 Å². The second kappa shape index (κ2) is 7.65. The minimum atomic E-state index is -4.86. The van der Waals surface area contributed by atoms with Crippen molar-refractivity contribution in [1.82, 2.24) is 5.32 Å². The van der Waals surface area contributed by atoms with Gasteiger partial charge in [-0.25, -0.2) is 8.42 Å². The Labute approximate surface area is 148 Å². The minimum absolute atomic E-state index is 0.0344. The van der Waals surface area contributed by atoms with E-state index in [1.807, 2.05) is 0 Å². The summed E-state index contributed by atoms with van der Waals surface area (Å²) in [5.41, 5.74) is 0.214. The number of anilines is 1. The molecular weight excluding hydrogens is 373 g/mol. The van der Waals surface area contributed by atoms with Gasteiger partial charge in [-0.2, -0.15) is 0 Å². The number of ether oxygens (including phenoxy) is 1. The van der Waals surface area contributed by atoms with Gasteiger partial charge < -0.3 is 10.1 Å². The van der Waals surface area contributed by atoms with Crippen LogP contribution in [0.5, 0.6) is 5.75 Å². The van der Waals surface area contributed by atoms with Crippen LogP contribution < -0.4 is 14.8 Å². The van der Waals surface area contributed by atoms with Gasteiger partial charge in [-0.1, -0.05) is 30.3 Å². The van der Waals surface area contributed by atoms with Crippen LogP contribution in [0.2, 0.25) is 0 Å². The van der Waals surface area contributed by atoms with Gasteiger partial charge >= 0.3 is 6.36 Å². The van der Waals surface area contributed by atoms with Crippen LogP contribution in [-0.2, 0) is 16.6 Å². The number of amides is 1. The number of carbonyl (C=O) groups excluding carboxylic acids is 1. The first-order chi connectivity index (χ1) is 12.1. The number of rotatable bonds is 6. The van der Waals surface area contributed by atoms with E-state index in [2.05, 4.69) is 14.8 Å².